The first-order valence-electron chi connectivity index (χ1n) is 11.6. The number of hydrogen-bond donors (Lipinski definition) is 2. The summed E-state index contributed by atoms with van der Waals surface area (Å²) < 4.78 is 0. The van der Waals surface area contributed by atoms with Crippen LogP contribution >= 0.6 is 24.0 Å². The third-order valence-corrected chi connectivity index (χ3v) is 6.39. The van der Waals surface area contributed by atoms with Crippen molar-refractivity contribution in [2.24, 2.45) is 10.9 Å². The monoisotopic (exact) mass is 541 g/mol. The Bertz CT molecular complexity index is 697. The number of rotatable bonds is 8. The van der Waals surface area contributed by atoms with Gasteiger partial charge in [0.25, 0.3) is 0 Å². The predicted molar refractivity (Wildman–Crippen MR) is 139 cm³/mol. The number of nitrogens with one attached hydrogen (secondary N) is 2. The molecule has 0 bridgehead atoms. The van der Waals surface area contributed by atoms with Crippen molar-refractivity contribution >= 4 is 35.8 Å². The number of piperazine rings is 1. The maximum absolute atomic E-state index is 12.4. The van der Waals surface area contributed by atoms with Crippen LogP contribution in [-0.2, 0) is 10.2 Å². The summed E-state index contributed by atoms with van der Waals surface area (Å²) in [5.74, 6) is 1.58. The Morgan fingerprint density at radius 3 is 2.35 bits per heavy atom. The first-order valence-corrected chi connectivity index (χ1v) is 11.6. The molecule has 3 rings (SSSR count). The van der Waals surface area contributed by atoms with Gasteiger partial charge >= 0.3 is 0 Å². The van der Waals surface area contributed by atoms with Gasteiger partial charge in [0.1, 0.15) is 0 Å². The molecule has 1 aromatic carbocycles. The Hall–Kier alpha value is -1.35. The molecule has 1 saturated heterocycles. The number of benzene rings is 1. The van der Waals surface area contributed by atoms with Crippen molar-refractivity contribution in [3.05, 3.63) is 35.9 Å². The molecular weight excluding hydrogens is 501 g/mol. The van der Waals surface area contributed by atoms with Crippen molar-refractivity contribution in [1.29, 1.82) is 0 Å². The molecule has 31 heavy (non-hydrogen) atoms. The van der Waals surface area contributed by atoms with E-state index in [1.54, 1.807) is 0 Å². The second kappa shape index (κ2) is 12.6. The van der Waals surface area contributed by atoms with Crippen LogP contribution in [-0.4, -0.2) is 74.0 Å². The van der Waals surface area contributed by atoms with Crippen molar-refractivity contribution in [2.75, 3.05) is 52.4 Å². The molecule has 2 aliphatic rings. The maximum Gasteiger partial charge on any atom is 0.225 e. The fourth-order valence-corrected chi connectivity index (χ4v) is 4.04. The Kier molecular flexibility index (Phi) is 10.6. The minimum Gasteiger partial charge on any atom is -0.357 e. The van der Waals surface area contributed by atoms with E-state index in [1.165, 1.54) is 12.0 Å². The molecule has 1 aliphatic heterocycles. The number of hydrogen-bond acceptors (Lipinski definition) is 3. The van der Waals surface area contributed by atoms with Crippen molar-refractivity contribution in [3.63, 3.8) is 0 Å². The Balaban J connectivity index is 0.00000341. The minimum atomic E-state index is -0.00703. The summed E-state index contributed by atoms with van der Waals surface area (Å²) in [7, 11) is 0. The van der Waals surface area contributed by atoms with Gasteiger partial charge in [0.15, 0.2) is 5.96 Å². The molecule has 1 saturated carbocycles. The molecule has 1 aromatic rings. The molecule has 0 aromatic heterocycles. The fourth-order valence-electron chi connectivity index (χ4n) is 4.04. The van der Waals surface area contributed by atoms with Crippen LogP contribution < -0.4 is 10.6 Å². The summed E-state index contributed by atoms with van der Waals surface area (Å²) in [4.78, 5) is 21.7. The highest BCUT2D eigenvalue weighted by atomic mass is 127. The molecule has 0 unspecified atom stereocenters. The van der Waals surface area contributed by atoms with Crippen LogP contribution in [0.4, 0.5) is 0 Å². The van der Waals surface area contributed by atoms with E-state index in [1.807, 2.05) is 0 Å². The van der Waals surface area contributed by atoms with Crippen LogP contribution in [0.15, 0.2) is 35.3 Å². The molecule has 6 nitrogen and oxygen atoms in total. The number of amides is 1. The Labute approximate surface area is 205 Å². The van der Waals surface area contributed by atoms with Gasteiger partial charge in [-0.25, -0.2) is 0 Å². The smallest absolute Gasteiger partial charge is 0.225 e. The van der Waals surface area contributed by atoms with Crippen molar-refractivity contribution in [3.8, 4) is 0 Å². The van der Waals surface area contributed by atoms with Crippen LogP contribution in [0.25, 0.3) is 0 Å². The lowest BCUT2D eigenvalue weighted by Gasteiger charge is -2.38. The van der Waals surface area contributed by atoms with Gasteiger partial charge in [-0.15, -0.1) is 24.0 Å². The van der Waals surface area contributed by atoms with Crippen molar-refractivity contribution < 1.29 is 4.79 Å². The molecule has 1 heterocycles. The van der Waals surface area contributed by atoms with Crippen LogP contribution in [0, 0.1) is 5.92 Å². The number of aliphatic imine (C=N–C) groups is 1. The molecule has 2 fully saturated rings. The van der Waals surface area contributed by atoms with E-state index in [0.717, 1.165) is 71.2 Å². The molecule has 2 N–H and O–H groups in total. The predicted octanol–water partition coefficient (Wildman–Crippen LogP) is 3.08. The zero-order valence-corrected chi connectivity index (χ0v) is 21.7. The molecule has 0 radical (unpaired) electrons. The minimum absolute atomic E-state index is 0. The van der Waals surface area contributed by atoms with Gasteiger partial charge in [0.05, 0.1) is 6.54 Å². The standard InChI is InChI=1S/C24H39N5O.HI/c1-4-25-23(27-19-24(2,3)21-11-6-5-7-12-21)26-13-14-28-15-17-29(18-16-28)22(30)20-9-8-10-20;/h5-7,11-12,20H,4,8-10,13-19H2,1-3H3,(H2,25,26,27);1H. The number of carbonyl (C=O) groups is 1. The second-order valence-electron chi connectivity index (χ2n) is 9.17. The highest BCUT2D eigenvalue weighted by Crippen LogP contribution is 2.28. The van der Waals surface area contributed by atoms with Gasteiger partial charge in [0.2, 0.25) is 5.91 Å². The SMILES string of the molecule is CCNC(=NCC(C)(C)c1ccccc1)NCCN1CCN(C(=O)C2CCC2)CC1.I. The second-order valence-corrected chi connectivity index (χ2v) is 9.17. The summed E-state index contributed by atoms with van der Waals surface area (Å²) in [5.41, 5.74) is 1.30. The number of guanidine groups is 1. The van der Waals surface area contributed by atoms with Gasteiger partial charge in [-0.2, -0.15) is 0 Å². The van der Waals surface area contributed by atoms with Gasteiger partial charge in [-0.05, 0) is 25.3 Å². The Morgan fingerprint density at radius 2 is 1.77 bits per heavy atom. The topological polar surface area (TPSA) is 60.0 Å². The zero-order chi connectivity index (χ0) is 21.4. The molecule has 0 atom stereocenters. The fraction of sp³-hybridized carbons (Fsp3) is 0.667. The van der Waals surface area contributed by atoms with E-state index in [0.29, 0.717) is 11.8 Å². The number of nitrogens with zero attached hydrogens (tertiary/aromatic N) is 3. The molecular formula is C24H40IN5O. The maximum atomic E-state index is 12.4. The first kappa shape index (κ1) is 25.9. The average molecular weight is 542 g/mol. The third-order valence-electron chi connectivity index (χ3n) is 6.39. The summed E-state index contributed by atoms with van der Waals surface area (Å²) in [5, 5.41) is 6.84. The lowest BCUT2D eigenvalue weighted by atomic mass is 9.84. The lowest BCUT2D eigenvalue weighted by molar-refractivity contribution is -0.139. The van der Waals surface area contributed by atoms with Gasteiger partial charge < -0.3 is 15.5 Å². The highest BCUT2D eigenvalue weighted by Gasteiger charge is 2.31. The zero-order valence-electron chi connectivity index (χ0n) is 19.4. The van der Waals surface area contributed by atoms with Crippen molar-refractivity contribution in [2.45, 2.75) is 45.4 Å². The third kappa shape index (κ3) is 7.63. The van der Waals surface area contributed by atoms with E-state index >= 15 is 0 Å². The van der Waals surface area contributed by atoms with Crippen LogP contribution in [0.3, 0.4) is 0 Å². The molecule has 0 spiro atoms. The number of carbonyl (C=O) groups excluding carboxylic acids is 1. The lowest BCUT2D eigenvalue weighted by Crippen LogP contribution is -2.52. The van der Waals surface area contributed by atoms with Gasteiger partial charge in [0, 0.05) is 57.1 Å². The van der Waals surface area contributed by atoms with Gasteiger partial charge in [-0.3, -0.25) is 14.7 Å². The van der Waals surface area contributed by atoms with E-state index in [4.69, 9.17) is 4.99 Å². The molecule has 7 heteroatoms. The summed E-state index contributed by atoms with van der Waals surface area (Å²) >= 11 is 0. The van der Waals surface area contributed by atoms with E-state index in [-0.39, 0.29) is 29.4 Å². The van der Waals surface area contributed by atoms with E-state index < -0.39 is 0 Å². The molecule has 1 amide bonds. The van der Waals surface area contributed by atoms with Crippen LogP contribution in [0.2, 0.25) is 0 Å². The summed E-state index contributed by atoms with van der Waals surface area (Å²) in [6, 6.07) is 10.6. The highest BCUT2D eigenvalue weighted by molar-refractivity contribution is 14.0. The molecule has 174 valence electrons. The average Bonchev–Trinajstić information content (AvgIpc) is 2.72. The van der Waals surface area contributed by atoms with E-state index in [2.05, 4.69) is 71.5 Å². The van der Waals surface area contributed by atoms with Crippen LogP contribution in [0.5, 0.6) is 0 Å². The molecule has 1 aliphatic carbocycles. The Morgan fingerprint density at radius 1 is 1.10 bits per heavy atom. The number of halogens is 1. The largest absolute Gasteiger partial charge is 0.357 e. The normalized spacial score (nSPS) is 18.2. The summed E-state index contributed by atoms with van der Waals surface area (Å²) in [6.07, 6.45) is 3.41. The quantitative estimate of drug-likeness (QED) is 0.302. The van der Waals surface area contributed by atoms with E-state index in [9.17, 15) is 4.79 Å². The summed E-state index contributed by atoms with van der Waals surface area (Å²) in [6.45, 7) is 13.6. The van der Waals surface area contributed by atoms with Gasteiger partial charge in [-0.1, -0.05) is 50.6 Å². The van der Waals surface area contributed by atoms with Crippen LogP contribution in [0.1, 0.15) is 45.6 Å². The first-order chi connectivity index (χ1) is 14.5. The van der Waals surface area contributed by atoms with Crippen molar-refractivity contribution in [1.82, 2.24) is 20.4 Å².